The number of Topliss-reactive ketones (excluding diaryl/α,β-unsaturated/α-hetero) is 1. The molecular weight excluding hydrogens is 461 g/mol. The van der Waals surface area contributed by atoms with Gasteiger partial charge in [0.05, 0.1) is 5.56 Å². The number of carbonyl (C=O) groups is 2. The van der Waals surface area contributed by atoms with Gasteiger partial charge in [-0.05, 0) is 42.8 Å². The third kappa shape index (κ3) is 4.07. The van der Waals surface area contributed by atoms with Crippen LogP contribution in [0.2, 0.25) is 5.02 Å². The van der Waals surface area contributed by atoms with Crippen LogP contribution in [-0.4, -0.2) is 22.4 Å². The number of ketones is 1. The Bertz CT molecular complexity index is 1090. The second-order valence-electron chi connectivity index (χ2n) is 6.12. The molecule has 0 aliphatic carbocycles. The molecule has 0 fully saturated rings. The minimum Gasteiger partial charge on any atom is -0.337 e. The Morgan fingerprint density at radius 1 is 1.21 bits per heavy atom. The molecule has 0 spiro atoms. The van der Waals surface area contributed by atoms with Crippen molar-refractivity contribution in [2.45, 2.75) is 19.6 Å². The normalized spacial score (nSPS) is 11.6. The van der Waals surface area contributed by atoms with Crippen molar-refractivity contribution in [2.24, 2.45) is 0 Å². The molecule has 0 aliphatic rings. The van der Waals surface area contributed by atoms with Crippen LogP contribution in [0.4, 0.5) is 18.9 Å². The van der Waals surface area contributed by atoms with E-state index < -0.39 is 23.4 Å². The number of alkyl halides is 3. The molecule has 1 aromatic heterocycles. The summed E-state index contributed by atoms with van der Waals surface area (Å²) >= 11 is 9.22. The molecule has 0 unspecified atom stereocenters. The Morgan fingerprint density at radius 2 is 1.93 bits per heavy atom. The van der Waals surface area contributed by atoms with Gasteiger partial charge < -0.3 is 9.88 Å². The molecule has 1 amide bonds. The molecule has 0 saturated heterocycles. The number of anilines is 1. The molecule has 146 valence electrons. The van der Waals surface area contributed by atoms with E-state index in [0.29, 0.717) is 26.3 Å². The molecule has 28 heavy (non-hydrogen) atoms. The Balaban J connectivity index is 1.96. The van der Waals surface area contributed by atoms with E-state index in [9.17, 15) is 22.8 Å². The molecule has 0 bridgehead atoms. The lowest BCUT2D eigenvalue weighted by Gasteiger charge is -2.10. The van der Waals surface area contributed by atoms with Gasteiger partial charge in [-0.3, -0.25) is 9.59 Å². The molecule has 4 nitrogen and oxygen atoms in total. The van der Waals surface area contributed by atoms with Crippen LogP contribution in [0.25, 0.3) is 10.9 Å². The van der Waals surface area contributed by atoms with Crippen LogP contribution in [0.15, 0.2) is 47.1 Å². The Labute approximate surface area is 171 Å². The van der Waals surface area contributed by atoms with E-state index in [1.165, 1.54) is 10.6 Å². The summed E-state index contributed by atoms with van der Waals surface area (Å²) in [5.41, 5.74) is 1.01. The number of carbonyl (C=O) groups excluding carboxylic acids is 2. The van der Waals surface area contributed by atoms with E-state index in [2.05, 4.69) is 21.2 Å². The fourth-order valence-corrected chi connectivity index (χ4v) is 3.36. The van der Waals surface area contributed by atoms with Crippen LogP contribution in [0.5, 0.6) is 0 Å². The van der Waals surface area contributed by atoms with Crippen LogP contribution < -0.4 is 5.32 Å². The zero-order valence-corrected chi connectivity index (χ0v) is 16.7. The van der Waals surface area contributed by atoms with Gasteiger partial charge >= 0.3 is 6.18 Å². The van der Waals surface area contributed by atoms with Crippen molar-refractivity contribution >= 4 is 55.8 Å². The first-order valence-electron chi connectivity index (χ1n) is 8.03. The third-order valence-corrected chi connectivity index (χ3v) is 5.10. The van der Waals surface area contributed by atoms with E-state index in [0.717, 1.165) is 6.20 Å². The average Bonchev–Trinajstić information content (AvgIpc) is 2.94. The molecule has 1 heterocycles. The standard InChI is InChI=1S/C19H13BrClF3N2O2/c1-10-14(21)3-2-4-15(10)25-17(27)9-26-8-13(18(28)19(22,23)24)12-7-11(20)5-6-16(12)26/h2-8H,9H2,1H3,(H,25,27). The monoisotopic (exact) mass is 472 g/mol. The highest BCUT2D eigenvalue weighted by atomic mass is 79.9. The SMILES string of the molecule is Cc1c(Cl)cccc1NC(=O)Cn1cc(C(=O)C(F)(F)F)c2cc(Br)ccc21. The molecule has 3 rings (SSSR count). The highest BCUT2D eigenvalue weighted by Gasteiger charge is 2.41. The molecule has 0 saturated carbocycles. The first-order valence-corrected chi connectivity index (χ1v) is 9.20. The van der Waals surface area contributed by atoms with Crippen molar-refractivity contribution in [2.75, 3.05) is 5.32 Å². The second-order valence-corrected chi connectivity index (χ2v) is 7.44. The maximum atomic E-state index is 12.9. The largest absolute Gasteiger partial charge is 0.454 e. The number of rotatable bonds is 4. The van der Waals surface area contributed by atoms with Gasteiger partial charge in [0.1, 0.15) is 6.54 Å². The molecule has 2 aromatic carbocycles. The quantitative estimate of drug-likeness (QED) is 0.491. The Hall–Kier alpha value is -2.32. The average molecular weight is 474 g/mol. The molecular formula is C19H13BrClF3N2O2. The predicted octanol–water partition coefficient (Wildman–Crippen LogP) is 5.75. The van der Waals surface area contributed by atoms with E-state index in [1.807, 2.05) is 0 Å². The maximum absolute atomic E-state index is 12.9. The summed E-state index contributed by atoms with van der Waals surface area (Å²) in [5, 5.41) is 3.28. The number of amides is 1. The van der Waals surface area contributed by atoms with Crippen LogP contribution in [-0.2, 0) is 11.3 Å². The van der Waals surface area contributed by atoms with Crippen LogP contribution in [0, 0.1) is 6.92 Å². The van der Waals surface area contributed by atoms with Crippen LogP contribution in [0.1, 0.15) is 15.9 Å². The van der Waals surface area contributed by atoms with Crippen LogP contribution >= 0.6 is 27.5 Å². The van der Waals surface area contributed by atoms with E-state index in [1.54, 1.807) is 37.3 Å². The molecule has 0 aliphatic heterocycles. The first-order chi connectivity index (χ1) is 13.1. The molecule has 0 atom stereocenters. The Kier molecular flexibility index (Phi) is 5.54. The number of nitrogens with zero attached hydrogens (tertiary/aromatic N) is 1. The van der Waals surface area contributed by atoms with Crippen molar-refractivity contribution in [3.63, 3.8) is 0 Å². The highest BCUT2D eigenvalue weighted by molar-refractivity contribution is 9.10. The van der Waals surface area contributed by atoms with E-state index in [4.69, 9.17) is 11.6 Å². The number of nitrogens with one attached hydrogen (secondary N) is 1. The molecule has 0 radical (unpaired) electrons. The van der Waals surface area contributed by atoms with Gasteiger partial charge in [0, 0.05) is 32.3 Å². The number of fused-ring (bicyclic) bond motifs is 1. The van der Waals surface area contributed by atoms with Crippen molar-refractivity contribution in [3.05, 3.63) is 63.2 Å². The topological polar surface area (TPSA) is 51.1 Å². The van der Waals surface area contributed by atoms with Crippen molar-refractivity contribution < 1.29 is 22.8 Å². The summed E-state index contributed by atoms with van der Waals surface area (Å²) < 4.78 is 40.7. The zero-order chi connectivity index (χ0) is 20.6. The van der Waals surface area contributed by atoms with Crippen molar-refractivity contribution in [3.8, 4) is 0 Å². The smallest absolute Gasteiger partial charge is 0.337 e. The van der Waals surface area contributed by atoms with Crippen molar-refractivity contribution in [1.29, 1.82) is 0 Å². The highest BCUT2D eigenvalue weighted by Crippen LogP contribution is 2.31. The summed E-state index contributed by atoms with van der Waals surface area (Å²) in [6, 6.07) is 9.61. The minimum absolute atomic E-state index is 0.114. The lowest BCUT2D eigenvalue weighted by molar-refractivity contribution is -0.116. The van der Waals surface area contributed by atoms with E-state index >= 15 is 0 Å². The molecule has 3 aromatic rings. The van der Waals surface area contributed by atoms with Gasteiger partial charge in [-0.2, -0.15) is 13.2 Å². The van der Waals surface area contributed by atoms with Gasteiger partial charge in [0.2, 0.25) is 5.91 Å². The maximum Gasteiger partial charge on any atom is 0.454 e. The van der Waals surface area contributed by atoms with Gasteiger partial charge in [-0.1, -0.05) is 33.6 Å². The zero-order valence-electron chi connectivity index (χ0n) is 14.4. The summed E-state index contributed by atoms with van der Waals surface area (Å²) in [6.45, 7) is 1.47. The Morgan fingerprint density at radius 3 is 2.61 bits per heavy atom. The third-order valence-electron chi connectivity index (χ3n) is 4.20. The molecule has 1 N–H and O–H groups in total. The minimum atomic E-state index is -5.01. The fraction of sp³-hybridized carbons (Fsp3) is 0.158. The summed E-state index contributed by atoms with van der Waals surface area (Å²) in [7, 11) is 0. The lowest BCUT2D eigenvalue weighted by Crippen LogP contribution is -2.22. The number of benzene rings is 2. The second kappa shape index (κ2) is 7.60. The van der Waals surface area contributed by atoms with Gasteiger partial charge in [-0.15, -0.1) is 0 Å². The predicted molar refractivity (Wildman–Crippen MR) is 105 cm³/mol. The summed E-state index contributed by atoms with van der Waals surface area (Å²) in [6.07, 6.45) is -3.96. The lowest BCUT2D eigenvalue weighted by atomic mass is 10.1. The van der Waals surface area contributed by atoms with Gasteiger partial charge in [-0.25, -0.2) is 0 Å². The number of hydrogen-bond acceptors (Lipinski definition) is 2. The van der Waals surface area contributed by atoms with Crippen molar-refractivity contribution in [1.82, 2.24) is 4.57 Å². The van der Waals surface area contributed by atoms with Crippen LogP contribution in [0.3, 0.4) is 0 Å². The van der Waals surface area contributed by atoms with Gasteiger partial charge in [0.25, 0.3) is 5.78 Å². The first kappa shape index (κ1) is 20.4. The molecule has 9 heteroatoms. The van der Waals surface area contributed by atoms with Gasteiger partial charge in [0.15, 0.2) is 0 Å². The fourth-order valence-electron chi connectivity index (χ4n) is 2.82. The number of aromatic nitrogens is 1. The number of halogens is 5. The summed E-state index contributed by atoms with van der Waals surface area (Å²) in [5.74, 6) is -2.42. The summed E-state index contributed by atoms with van der Waals surface area (Å²) in [4.78, 5) is 24.2. The number of hydrogen-bond donors (Lipinski definition) is 1. The van der Waals surface area contributed by atoms with E-state index in [-0.39, 0.29) is 11.9 Å².